The maximum absolute atomic E-state index is 13.0. The molecule has 1 aliphatic rings. The van der Waals surface area contributed by atoms with Crippen LogP contribution in [0.4, 0.5) is 5.69 Å². The van der Waals surface area contributed by atoms with Crippen LogP contribution in [0.1, 0.15) is 25.8 Å². The maximum Gasteiger partial charge on any atom is 0.344 e. The van der Waals surface area contributed by atoms with Crippen LogP contribution in [0.3, 0.4) is 0 Å². The molecule has 1 atom stereocenters. The van der Waals surface area contributed by atoms with Crippen LogP contribution in [-0.2, 0) is 9.59 Å². The number of ether oxygens (including phenoxy) is 3. The lowest BCUT2D eigenvalue weighted by Gasteiger charge is -2.17. The number of benzene rings is 2. The lowest BCUT2D eigenvalue weighted by Crippen LogP contribution is -2.27. The summed E-state index contributed by atoms with van der Waals surface area (Å²) in [5.74, 6) is 0.172. The minimum absolute atomic E-state index is 0.222. The molecule has 9 heteroatoms. The normalized spacial score (nSPS) is 15.7. The van der Waals surface area contributed by atoms with E-state index in [4.69, 9.17) is 26.4 Å². The molecule has 1 heterocycles. The smallest absolute Gasteiger partial charge is 0.344 e. The molecule has 0 aromatic heterocycles. The summed E-state index contributed by atoms with van der Waals surface area (Å²) in [5, 5.41) is 9.26. The number of carbonyl (C=O) groups excluding carboxylic acids is 1. The van der Waals surface area contributed by atoms with Gasteiger partial charge in [0.25, 0.3) is 5.91 Å². The van der Waals surface area contributed by atoms with Crippen molar-refractivity contribution in [2.75, 3.05) is 18.6 Å². The average Bonchev–Trinajstić information content (AvgIpc) is 3.06. The van der Waals surface area contributed by atoms with Crippen LogP contribution in [0.5, 0.6) is 17.2 Å². The van der Waals surface area contributed by atoms with Gasteiger partial charge in [-0.2, -0.15) is 0 Å². The van der Waals surface area contributed by atoms with Crippen molar-refractivity contribution in [1.82, 2.24) is 0 Å². The van der Waals surface area contributed by atoms with E-state index in [0.717, 1.165) is 0 Å². The van der Waals surface area contributed by atoms with E-state index in [9.17, 15) is 14.7 Å². The number of anilines is 1. The Morgan fingerprint density at radius 2 is 1.91 bits per heavy atom. The highest BCUT2D eigenvalue weighted by Gasteiger charge is 2.33. The molecule has 3 rings (SSSR count). The molecular weight excluding hydrogens is 450 g/mol. The third-order valence-electron chi connectivity index (χ3n) is 4.61. The highest BCUT2D eigenvalue weighted by molar-refractivity contribution is 8.27. The van der Waals surface area contributed by atoms with E-state index in [-0.39, 0.29) is 5.91 Å². The van der Waals surface area contributed by atoms with Crippen molar-refractivity contribution < 1.29 is 28.9 Å². The topological polar surface area (TPSA) is 85.3 Å². The Morgan fingerprint density at radius 1 is 1.19 bits per heavy atom. The Labute approximate surface area is 196 Å². The highest BCUT2D eigenvalue weighted by atomic mass is 32.2. The van der Waals surface area contributed by atoms with Gasteiger partial charge in [-0.25, -0.2) is 4.79 Å². The number of amides is 1. The number of carbonyl (C=O) groups is 2. The zero-order valence-electron chi connectivity index (χ0n) is 17.9. The molecule has 1 fully saturated rings. The molecule has 1 saturated heterocycles. The van der Waals surface area contributed by atoms with Crippen molar-refractivity contribution >= 4 is 51.9 Å². The van der Waals surface area contributed by atoms with Gasteiger partial charge >= 0.3 is 5.97 Å². The number of aliphatic carboxylic acids is 1. The minimum atomic E-state index is -1.04. The standard InChI is InChI=1S/C23H23NO6S2/c1-4-17(22(26)27)30-18-11-6-14(12-19(18)29-5-2)13-20-21(25)24(23(31)32-20)15-7-9-16(28-3)10-8-15/h6-13,17H,4-5H2,1-3H3,(H,26,27)/b20-13+. The average molecular weight is 474 g/mol. The number of thioether (sulfide) groups is 1. The summed E-state index contributed by atoms with van der Waals surface area (Å²) in [6.07, 6.45) is 1.07. The van der Waals surface area contributed by atoms with Crippen LogP contribution in [0.25, 0.3) is 6.08 Å². The second-order valence-corrected chi connectivity index (χ2v) is 8.38. The number of hydrogen-bond donors (Lipinski definition) is 1. The fraction of sp³-hybridized carbons (Fsp3) is 0.261. The van der Waals surface area contributed by atoms with Crippen LogP contribution in [-0.4, -0.2) is 41.1 Å². The molecule has 1 amide bonds. The fourth-order valence-electron chi connectivity index (χ4n) is 3.01. The van der Waals surface area contributed by atoms with Gasteiger partial charge < -0.3 is 19.3 Å². The van der Waals surface area contributed by atoms with Crippen molar-refractivity contribution in [3.05, 3.63) is 52.9 Å². The number of hydrogen-bond acceptors (Lipinski definition) is 7. The second kappa shape index (κ2) is 10.5. The zero-order chi connectivity index (χ0) is 23.3. The van der Waals surface area contributed by atoms with Crippen molar-refractivity contribution in [3.63, 3.8) is 0 Å². The first kappa shape index (κ1) is 23.6. The Bertz CT molecular complexity index is 1050. The molecule has 0 radical (unpaired) electrons. The van der Waals surface area contributed by atoms with E-state index in [1.54, 1.807) is 62.6 Å². The Hall–Kier alpha value is -3.04. The van der Waals surface area contributed by atoms with Crippen molar-refractivity contribution in [3.8, 4) is 17.2 Å². The van der Waals surface area contributed by atoms with Crippen LogP contribution < -0.4 is 19.1 Å². The van der Waals surface area contributed by atoms with E-state index in [2.05, 4.69) is 0 Å². The monoisotopic (exact) mass is 473 g/mol. The summed E-state index contributed by atoms with van der Waals surface area (Å²) in [5.41, 5.74) is 1.37. The first-order valence-electron chi connectivity index (χ1n) is 9.96. The summed E-state index contributed by atoms with van der Waals surface area (Å²) in [4.78, 5) is 26.3. The summed E-state index contributed by atoms with van der Waals surface area (Å²) >= 11 is 6.63. The van der Waals surface area contributed by atoms with Crippen molar-refractivity contribution in [1.29, 1.82) is 0 Å². The van der Waals surface area contributed by atoms with Gasteiger partial charge in [-0.3, -0.25) is 9.69 Å². The van der Waals surface area contributed by atoms with E-state index in [1.165, 1.54) is 16.7 Å². The highest BCUT2D eigenvalue weighted by Crippen LogP contribution is 2.38. The number of nitrogens with zero attached hydrogens (tertiary/aromatic N) is 1. The van der Waals surface area contributed by atoms with Gasteiger partial charge in [0.1, 0.15) is 5.75 Å². The molecule has 2 aromatic carbocycles. The zero-order valence-corrected chi connectivity index (χ0v) is 19.5. The van der Waals surface area contributed by atoms with Crippen molar-refractivity contribution in [2.24, 2.45) is 0 Å². The number of methoxy groups -OCH3 is 1. The van der Waals surface area contributed by atoms with Crippen LogP contribution in [0.2, 0.25) is 0 Å². The van der Waals surface area contributed by atoms with Crippen molar-refractivity contribution in [2.45, 2.75) is 26.4 Å². The molecule has 1 N–H and O–H groups in total. The SMILES string of the molecule is CCOc1cc(/C=C2/SC(=S)N(c3ccc(OC)cc3)C2=O)ccc1OC(CC)C(=O)O. The second-order valence-electron chi connectivity index (χ2n) is 6.71. The quantitative estimate of drug-likeness (QED) is 0.413. The molecule has 0 saturated carbocycles. The van der Waals surface area contributed by atoms with Gasteiger partial charge in [-0.05, 0) is 61.4 Å². The maximum atomic E-state index is 13.0. The first-order valence-corrected chi connectivity index (χ1v) is 11.2. The van der Waals surface area contributed by atoms with Gasteiger partial charge in [-0.15, -0.1) is 0 Å². The van der Waals surface area contributed by atoms with Crippen LogP contribution >= 0.6 is 24.0 Å². The molecule has 32 heavy (non-hydrogen) atoms. The molecular formula is C23H23NO6S2. The predicted molar refractivity (Wildman–Crippen MR) is 129 cm³/mol. The third kappa shape index (κ3) is 5.23. The number of carboxylic acid groups (broad SMARTS) is 1. The molecule has 0 aliphatic carbocycles. The fourth-order valence-corrected chi connectivity index (χ4v) is 4.31. The number of rotatable bonds is 9. The lowest BCUT2D eigenvalue weighted by atomic mass is 10.1. The number of carboxylic acids is 1. The van der Waals surface area contributed by atoms with Crippen LogP contribution in [0, 0.1) is 0 Å². The Kier molecular flexibility index (Phi) is 7.76. The molecule has 0 bridgehead atoms. The van der Waals surface area contributed by atoms with Gasteiger partial charge in [0.05, 0.1) is 24.3 Å². The third-order valence-corrected chi connectivity index (χ3v) is 5.91. The minimum Gasteiger partial charge on any atom is -0.497 e. The molecule has 1 unspecified atom stereocenters. The summed E-state index contributed by atoms with van der Waals surface area (Å²) in [6, 6.07) is 12.2. The Balaban J connectivity index is 1.86. The largest absolute Gasteiger partial charge is 0.497 e. The molecule has 168 valence electrons. The Morgan fingerprint density at radius 3 is 2.50 bits per heavy atom. The van der Waals surface area contributed by atoms with Crippen LogP contribution in [0.15, 0.2) is 47.4 Å². The first-order chi connectivity index (χ1) is 15.4. The summed E-state index contributed by atoms with van der Waals surface area (Å²) in [6.45, 7) is 3.94. The predicted octanol–water partition coefficient (Wildman–Crippen LogP) is 4.74. The van der Waals surface area contributed by atoms with E-state index < -0.39 is 12.1 Å². The molecule has 7 nitrogen and oxygen atoms in total. The molecule has 1 aliphatic heterocycles. The number of thiocarbonyl (C=S) groups is 1. The van der Waals surface area contributed by atoms with E-state index in [0.29, 0.717) is 50.8 Å². The lowest BCUT2D eigenvalue weighted by molar-refractivity contribution is -0.145. The molecule has 0 spiro atoms. The van der Waals surface area contributed by atoms with Gasteiger partial charge in [0.15, 0.2) is 21.9 Å². The van der Waals surface area contributed by atoms with E-state index >= 15 is 0 Å². The van der Waals surface area contributed by atoms with Gasteiger partial charge in [-0.1, -0.05) is 37.0 Å². The van der Waals surface area contributed by atoms with E-state index in [1.807, 2.05) is 6.92 Å². The summed E-state index contributed by atoms with van der Waals surface area (Å²) < 4.78 is 16.8. The summed E-state index contributed by atoms with van der Waals surface area (Å²) in [7, 11) is 1.58. The van der Waals surface area contributed by atoms with Gasteiger partial charge in [0.2, 0.25) is 0 Å². The van der Waals surface area contributed by atoms with Gasteiger partial charge in [0, 0.05) is 0 Å². The molecule has 2 aromatic rings.